The number of aromatic nitrogens is 1. The van der Waals surface area contributed by atoms with Crippen molar-refractivity contribution >= 4 is 31.0 Å². The molecule has 3 aromatic rings. The van der Waals surface area contributed by atoms with Gasteiger partial charge in [-0.05, 0) is 29.3 Å². The smallest absolute Gasteiger partial charge is 0.224 e. The van der Waals surface area contributed by atoms with Crippen LogP contribution in [0.15, 0.2) is 68.7 Å². The Labute approximate surface area is 156 Å². The molecule has 3 rings (SSSR count). The van der Waals surface area contributed by atoms with Gasteiger partial charge in [0.2, 0.25) is 9.84 Å². The van der Waals surface area contributed by atoms with Crippen LogP contribution < -0.4 is 5.73 Å². The average Bonchev–Trinajstić information content (AvgIpc) is 3.11. The molecule has 0 atom stereocenters. The quantitative estimate of drug-likeness (QED) is 0.695. The Morgan fingerprint density at radius 2 is 1.62 bits per heavy atom. The number of hydrogen-bond acceptors (Lipinski definition) is 7. The first-order valence-corrected chi connectivity index (χ1v) is 11.8. The van der Waals surface area contributed by atoms with E-state index in [0.717, 1.165) is 23.2 Å². The van der Waals surface area contributed by atoms with E-state index in [9.17, 15) is 16.8 Å². The summed E-state index contributed by atoms with van der Waals surface area (Å²) in [7, 11) is -7.56. The lowest BCUT2D eigenvalue weighted by molar-refractivity contribution is 0.592. The van der Waals surface area contributed by atoms with Gasteiger partial charge < -0.3 is 5.73 Å². The number of benzene rings is 2. The van der Waals surface area contributed by atoms with Crippen molar-refractivity contribution in [1.82, 2.24) is 4.98 Å². The fraction of sp³-hybridized carbons (Fsp3) is 0.118. The molecule has 26 heavy (non-hydrogen) atoms. The van der Waals surface area contributed by atoms with Gasteiger partial charge in [-0.3, -0.25) is 0 Å². The second kappa shape index (κ2) is 6.92. The van der Waals surface area contributed by atoms with Crippen LogP contribution >= 0.6 is 11.3 Å². The summed E-state index contributed by atoms with van der Waals surface area (Å²) in [5.41, 5.74) is 6.72. The Morgan fingerprint density at radius 3 is 2.19 bits per heavy atom. The SMILES string of the molecule is CS(=O)(=O)c1cc(-c2ccccc2)cc(S(=O)(=O)c2csc(CN)n2)c1. The van der Waals surface area contributed by atoms with Crippen molar-refractivity contribution in [3.8, 4) is 11.1 Å². The Morgan fingerprint density at radius 1 is 0.962 bits per heavy atom. The van der Waals surface area contributed by atoms with Gasteiger partial charge in [-0.2, -0.15) is 0 Å². The normalized spacial score (nSPS) is 12.2. The second-order valence-corrected chi connectivity index (χ2v) is 10.5. The molecule has 0 aliphatic carbocycles. The third-order valence-corrected chi connectivity index (χ3v) is 7.43. The molecule has 136 valence electrons. The number of thiazole rings is 1. The van der Waals surface area contributed by atoms with Crippen LogP contribution in [0.25, 0.3) is 11.1 Å². The minimum absolute atomic E-state index is 0.0632. The van der Waals surface area contributed by atoms with Gasteiger partial charge in [0.15, 0.2) is 14.9 Å². The van der Waals surface area contributed by atoms with Gasteiger partial charge in [0.1, 0.15) is 5.01 Å². The van der Waals surface area contributed by atoms with Gasteiger partial charge in [0.05, 0.1) is 9.79 Å². The molecule has 0 fully saturated rings. The molecule has 6 nitrogen and oxygen atoms in total. The van der Waals surface area contributed by atoms with Crippen molar-refractivity contribution in [2.24, 2.45) is 5.73 Å². The molecule has 2 aromatic carbocycles. The highest BCUT2D eigenvalue weighted by atomic mass is 32.2. The molecule has 0 bridgehead atoms. The van der Waals surface area contributed by atoms with Crippen LogP contribution in [-0.4, -0.2) is 28.1 Å². The average molecular weight is 409 g/mol. The van der Waals surface area contributed by atoms with Crippen LogP contribution in [0.2, 0.25) is 0 Å². The molecule has 1 aromatic heterocycles. The minimum Gasteiger partial charge on any atom is -0.325 e. The van der Waals surface area contributed by atoms with E-state index in [4.69, 9.17) is 5.73 Å². The number of rotatable bonds is 5. The predicted molar refractivity (Wildman–Crippen MR) is 100 cm³/mol. The second-order valence-electron chi connectivity index (χ2n) is 5.62. The van der Waals surface area contributed by atoms with Crippen molar-refractivity contribution in [3.05, 3.63) is 58.9 Å². The van der Waals surface area contributed by atoms with Crippen LogP contribution in [0.5, 0.6) is 0 Å². The number of nitrogens with zero attached hydrogens (tertiary/aromatic N) is 1. The Hall–Kier alpha value is -2.07. The van der Waals surface area contributed by atoms with E-state index >= 15 is 0 Å². The highest BCUT2D eigenvalue weighted by molar-refractivity contribution is 7.92. The number of sulfone groups is 2. The van der Waals surface area contributed by atoms with E-state index in [1.807, 2.05) is 6.07 Å². The zero-order valence-electron chi connectivity index (χ0n) is 13.8. The van der Waals surface area contributed by atoms with Crippen molar-refractivity contribution in [1.29, 1.82) is 0 Å². The summed E-state index contributed by atoms with van der Waals surface area (Å²) in [6.45, 7) is 0.138. The third-order valence-electron chi connectivity index (χ3n) is 3.71. The maximum Gasteiger partial charge on any atom is 0.224 e. The molecule has 1 heterocycles. The summed E-state index contributed by atoms with van der Waals surface area (Å²) in [6, 6.07) is 13.1. The summed E-state index contributed by atoms with van der Waals surface area (Å²) < 4.78 is 50.0. The van der Waals surface area contributed by atoms with Crippen LogP contribution in [0, 0.1) is 0 Å². The Kier molecular flexibility index (Phi) is 4.98. The number of hydrogen-bond donors (Lipinski definition) is 1. The van der Waals surface area contributed by atoms with Crippen LogP contribution in [-0.2, 0) is 26.2 Å². The van der Waals surface area contributed by atoms with E-state index in [2.05, 4.69) is 4.98 Å². The molecule has 0 radical (unpaired) electrons. The van der Waals surface area contributed by atoms with Crippen LogP contribution in [0.1, 0.15) is 5.01 Å². The summed E-state index contributed by atoms with van der Waals surface area (Å²) >= 11 is 1.15. The van der Waals surface area contributed by atoms with Gasteiger partial charge in [-0.1, -0.05) is 30.3 Å². The fourth-order valence-corrected chi connectivity index (χ4v) is 5.41. The number of nitrogens with two attached hydrogens (primary N) is 1. The van der Waals surface area contributed by atoms with E-state index < -0.39 is 19.7 Å². The van der Waals surface area contributed by atoms with Gasteiger partial charge in [0, 0.05) is 18.2 Å². The lowest BCUT2D eigenvalue weighted by atomic mass is 10.1. The summed E-state index contributed by atoms with van der Waals surface area (Å²) in [5.74, 6) is 0. The van der Waals surface area contributed by atoms with Crippen molar-refractivity contribution < 1.29 is 16.8 Å². The van der Waals surface area contributed by atoms with E-state index in [1.54, 1.807) is 24.3 Å². The summed E-state index contributed by atoms with van der Waals surface area (Å²) in [6.07, 6.45) is 1.04. The first kappa shape index (κ1) is 18.7. The van der Waals surface area contributed by atoms with Crippen molar-refractivity contribution in [3.63, 3.8) is 0 Å². The highest BCUT2D eigenvalue weighted by Gasteiger charge is 2.24. The molecule has 2 N–H and O–H groups in total. The van der Waals surface area contributed by atoms with Gasteiger partial charge >= 0.3 is 0 Å². The molecule has 0 aliphatic heterocycles. The maximum absolute atomic E-state index is 12.9. The maximum atomic E-state index is 12.9. The Bertz CT molecular complexity index is 1150. The fourth-order valence-electron chi connectivity index (χ4n) is 2.37. The molecular formula is C17H16N2O4S3. The molecule has 0 amide bonds. The standard InChI is InChI=1S/C17H16N2O4S3/c1-25(20,21)14-7-13(12-5-3-2-4-6-12)8-15(9-14)26(22,23)17-11-24-16(10-18)19-17/h2-9,11H,10,18H2,1H3. The molecule has 0 saturated carbocycles. The zero-order valence-corrected chi connectivity index (χ0v) is 16.2. The molecule has 0 unspecified atom stereocenters. The van der Waals surface area contributed by atoms with Gasteiger partial charge in [0.25, 0.3) is 0 Å². The minimum atomic E-state index is -3.96. The largest absolute Gasteiger partial charge is 0.325 e. The third kappa shape index (κ3) is 3.70. The van der Waals surface area contributed by atoms with Crippen LogP contribution in [0.3, 0.4) is 0 Å². The molecule has 0 aliphatic rings. The monoisotopic (exact) mass is 408 g/mol. The van der Waals surface area contributed by atoms with E-state index in [1.165, 1.54) is 23.6 Å². The van der Waals surface area contributed by atoms with E-state index in [-0.39, 0.29) is 21.4 Å². The predicted octanol–water partition coefficient (Wildman–Crippen LogP) is 2.51. The molecule has 0 saturated heterocycles. The Balaban J connectivity index is 2.24. The first-order chi connectivity index (χ1) is 12.2. The van der Waals surface area contributed by atoms with Crippen LogP contribution in [0.4, 0.5) is 0 Å². The first-order valence-electron chi connectivity index (χ1n) is 7.52. The molecule has 0 spiro atoms. The van der Waals surface area contributed by atoms with Crippen molar-refractivity contribution in [2.45, 2.75) is 21.4 Å². The van der Waals surface area contributed by atoms with Gasteiger partial charge in [-0.15, -0.1) is 11.3 Å². The zero-order chi connectivity index (χ0) is 18.9. The molecule has 9 heteroatoms. The topological polar surface area (TPSA) is 107 Å². The van der Waals surface area contributed by atoms with E-state index in [0.29, 0.717) is 10.6 Å². The van der Waals surface area contributed by atoms with Gasteiger partial charge in [-0.25, -0.2) is 21.8 Å². The lowest BCUT2D eigenvalue weighted by Gasteiger charge is -2.09. The van der Waals surface area contributed by atoms with Crippen molar-refractivity contribution in [2.75, 3.05) is 6.26 Å². The highest BCUT2D eigenvalue weighted by Crippen LogP contribution is 2.30. The lowest BCUT2D eigenvalue weighted by Crippen LogP contribution is -2.06. The molecular weight excluding hydrogens is 392 g/mol. The summed E-state index contributed by atoms with van der Waals surface area (Å²) in [5, 5.41) is 1.77. The summed E-state index contributed by atoms with van der Waals surface area (Å²) in [4.78, 5) is 3.85.